The second kappa shape index (κ2) is 6.99. The predicted octanol–water partition coefficient (Wildman–Crippen LogP) is 2.72. The van der Waals surface area contributed by atoms with Crippen molar-refractivity contribution in [3.63, 3.8) is 0 Å². The van der Waals surface area contributed by atoms with Crippen LogP contribution in [0, 0.1) is 13.8 Å². The van der Waals surface area contributed by atoms with Crippen LogP contribution in [-0.2, 0) is 4.79 Å². The van der Waals surface area contributed by atoms with E-state index in [-0.39, 0.29) is 11.8 Å². The molecule has 2 amide bonds. The summed E-state index contributed by atoms with van der Waals surface area (Å²) in [6.45, 7) is 4.67. The summed E-state index contributed by atoms with van der Waals surface area (Å²) < 4.78 is 5.50. The SMILES string of the molecule is Cc1cc(C(=O)N2CCC(Nc3nccs3)(C(=O)NC3CC3)CC2)c(C)o1. The Kier molecular flexibility index (Phi) is 4.67. The average Bonchev–Trinajstić information content (AvgIpc) is 3.19. The van der Waals surface area contributed by atoms with E-state index in [4.69, 9.17) is 4.42 Å². The number of likely N-dealkylation sites (tertiary alicyclic amines) is 1. The second-order valence-electron chi connectivity index (χ2n) is 7.41. The van der Waals surface area contributed by atoms with Gasteiger partial charge in [-0.3, -0.25) is 9.59 Å². The summed E-state index contributed by atoms with van der Waals surface area (Å²) in [5.74, 6) is 1.36. The molecule has 1 saturated heterocycles. The van der Waals surface area contributed by atoms with Crippen molar-refractivity contribution < 1.29 is 14.0 Å². The number of amides is 2. The van der Waals surface area contributed by atoms with Crippen molar-refractivity contribution in [2.24, 2.45) is 0 Å². The van der Waals surface area contributed by atoms with Crippen LogP contribution in [0.1, 0.15) is 47.6 Å². The van der Waals surface area contributed by atoms with Crippen molar-refractivity contribution in [1.29, 1.82) is 0 Å². The van der Waals surface area contributed by atoms with Crippen molar-refractivity contribution in [1.82, 2.24) is 15.2 Å². The van der Waals surface area contributed by atoms with Crippen LogP contribution in [0.15, 0.2) is 22.1 Å². The molecule has 2 N–H and O–H groups in total. The lowest BCUT2D eigenvalue weighted by molar-refractivity contribution is -0.127. The van der Waals surface area contributed by atoms with Crippen LogP contribution in [0.2, 0.25) is 0 Å². The van der Waals surface area contributed by atoms with Crippen LogP contribution in [0.3, 0.4) is 0 Å². The highest BCUT2D eigenvalue weighted by Gasteiger charge is 2.44. The lowest BCUT2D eigenvalue weighted by Crippen LogP contribution is -2.59. The minimum atomic E-state index is -0.724. The quantitative estimate of drug-likeness (QED) is 0.822. The molecular weight excluding hydrogens is 364 g/mol. The molecular formula is C19H24N4O3S. The van der Waals surface area contributed by atoms with Gasteiger partial charge in [-0.2, -0.15) is 0 Å². The maximum atomic E-state index is 13.0. The Morgan fingerprint density at radius 3 is 2.59 bits per heavy atom. The molecule has 0 unspecified atom stereocenters. The molecule has 8 heteroatoms. The minimum Gasteiger partial charge on any atom is -0.466 e. The van der Waals surface area contributed by atoms with E-state index in [1.165, 1.54) is 11.3 Å². The summed E-state index contributed by atoms with van der Waals surface area (Å²) in [4.78, 5) is 31.9. The summed E-state index contributed by atoms with van der Waals surface area (Å²) in [5, 5.41) is 9.11. The molecule has 0 radical (unpaired) electrons. The molecule has 0 bridgehead atoms. The Morgan fingerprint density at radius 2 is 2.04 bits per heavy atom. The summed E-state index contributed by atoms with van der Waals surface area (Å²) in [6.07, 6.45) is 4.91. The number of furan rings is 1. The molecule has 2 aromatic rings. The standard InChI is InChI=1S/C19H24N4O3S/c1-12-11-15(13(2)26-12)16(24)23-8-5-19(6-9-23,17(25)21-14-3-4-14)22-18-20-7-10-27-18/h7,10-11,14H,3-6,8-9H2,1-2H3,(H,20,22)(H,21,25). The minimum absolute atomic E-state index is 0.0163. The number of anilines is 1. The molecule has 1 aliphatic heterocycles. The number of thiazole rings is 1. The molecule has 4 rings (SSSR count). The van der Waals surface area contributed by atoms with Crippen LogP contribution in [-0.4, -0.2) is 46.4 Å². The monoisotopic (exact) mass is 388 g/mol. The summed E-state index contributed by atoms with van der Waals surface area (Å²) in [7, 11) is 0. The van der Waals surface area contributed by atoms with Crippen LogP contribution >= 0.6 is 11.3 Å². The van der Waals surface area contributed by atoms with Crippen molar-refractivity contribution in [2.75, 3.05) is 18.4 Å². The number of carbonyl (C=O) groups excluding carboxylic acids is 2. The van der Waals surface area contributed by atoms with Crippen LogP contribution in [0.25, 0.3) is 0 Å². The number of rotatable bonds is 5. The Labute approximate surface area is 162 Å². The molecule has 7 nitrogen and oxygen atoms in total. The number of nitrogens with one attached hydrogen (secondary N) is 2. The highest BCUT2D eigenvalue weighted by molar-refractivity contribution is 7.13. The molecule has 1 saturated carbocycles. The van der Waals surface area contributed by atoms with Gasteiger partial charge in [0.2, 0.25) is 5.91 Å². The zero-order valence-electron chi connectivity index (χ0n) is 15.6. The van der Waals surface area contributed by atoms with Gasteiger partial charge in [0, 0.05) is 30.7 Å². The first-order chi connectivity index (χ1) is 13.0. The first-order valence-corrected chi connectivity index (χ1v) is 10.2. The second-order valence-corrected chi connectivity index (χ2v) is 8.31. The van der Waals surface area contributed by atoms with Crippen molar-refractivity contribution in [3.05, 3.63) is 34.7 Å². The van der Waals surface area contributed by atoms with E-state index in [1.807, 2.05) is 24.1 Å². The van der Waals surface area contributed by atoms with Gasteiger partial charge in [0.15, 0.2) is 5.13 Å². The van der Waals surface area contributed by atoms with Gasteiger partial charge in [-0.25, -0.2) is 4.98 Å². The smallest absolute Gasteiger partial charge is 0.257 e. The molecule has 0 atom stereocenters. The van der Waals surface area contributed by atoms with E-state index in [9.17, 15) is 9.59 Å². The molecule has 144 valence electrons. The highest BCUT2D eigenvalue weighted by Crippen LogP contribution is 2.31. The zero-order valence-corrected chi connectivity index (χ0v) is 16.4. The maximum Gasteiger partial charge on any atom is 0.257 e. The Hall–Kier alpha value is -2.35. The Balaban J connectivity index is 1.49. The molecule has 2 aromatic heterocycles. The van der Waals surface area contributed by atoms with E-state index in [1.54, 1.807) is 12.3 Å². The number of aryl methyl sites for hydroxylation is 2. The third kappa shape index (κ3) is 3.71. The van der Waals surface area contributed by atoms with Gasteiger partial charge >= 0.3 is 0 Å². The van der Waals surface area contributed by atoms with E-state index in [2.05, 4.69) is 15.6 Å². The van der Waals surface area contributed by atoms with Gasteiger partial charge in [0.1, 0.15) is 17.1 Å². The number of aromatic nitrogens is 1. The van der Waals surface area contributed by atoms with Crippen LogP contribution < -0.4 is 10.6 Å². The van der Waals surface area contributed by atoms with Gasteiger partial charge < -0.3 is 20.0 Å². The summed E-state index contributed by atoms with van der Waals surface area (Å²) in [5.41, 5.74) is -0.117. The molecule has 27 heavy (non-hydrogen) atoms. The van der Waals surface area contributed by atoms with E-state index in [0.29, 0.717) is 43.3 Å². The molecule has 1 aliphatic carbocycles. The van der Waals surface area contributed by atoms with Gasteiger partial charge in [0.05, 0.1) is 5.56 Å². The fourth-order valence-corrected chi connectivity index (χ4v) is 4.18. The largest absolute Gasteiger partial charge is 0.466 e. The Bertz CT molecular complexity index is 833. The first kappa shape index (κ1) is 18.0. The van der Waals surface area contributed by atoms with Crippen LogP contribution in [0.4, 0.5) is 5.13 Å². The molecule has 2 aliphatic rings. The third-order valence-corrected chi connectivity index (χ3v) is 5.99. The third-order valence-electron chi connectivity index (χ3n) is 5.30. The van der Waals surface area contributed by atoms with Gasteiger partial charge in [-0.15, -0.1) is 11.3 Å². The fourth-order valence-electron chi connectivity index (χ4n) is 3.55. The van der Waals surface area contributed by atoms with Gasteiger partial charge in [-0.1, -0.05) is 0 Å². The number of hydrogen-bond donors (Lipinski definition) is 2. The topological polar surface area (TPSA) is 87.5 Å². The van der Waals surface area contributed by atoms with E-state index >= 15 is 0 Å². The molecule has 0 spiro atoms. The first-order valence-electron chi connectivity index (χ1n) is 9.32. The molecule has 0 aromatic carbocycles. The predicted molar refractivity (Wildman–Crippen MR) is 103 cm³/mol. The number of carbonyl (C=O) groups is 2. The molecule has 3 heterocycles. The lowest BCUT2D eigenvalue weighted by atomic mass is 9.86. The highest BCUT2D eigenvalue weighted by atomic mass is 32.1. The zero-order chi connectivity index (χ0) is 19.0. The normalized spacial score (nSPS) is 19.0. The van der Waals surface area contributed by atoms with Gasteiger partial charge in [-0.05, 0) is 45.6 Å². The number of hydrogen-bond acceptors (Lipinski definition) is 6. The van der Waals surface area contributed by atoms with E-state index < -0.39 is 5.54 Å². The summed E-state index contributed by atoms with van der Waals surface area (Å²) >= 11 is 1.48. The van der Waals surface area contributed by atoms with Gasteiger partial charge in [0.25, 0.3) is 5.91 Å². The maximum absolute atomic E-state index is 13.0. The van der Waals surface area contributed by atoms with E-state index in [0.717, 1.165) is 23.7 Å². The van der Waals surface area contributed by atoms with Crippen LogP contribution in [0.5, 0.6) is 0 Å². The molecule has 2 fully saturated rings. The number of piperidine rings is 1. The summed E-state index contributed by atoms with van der Waals surface area (Å²) in [6, 6.07) is 2.08. The number of nitrogens with zero attached hydrogens (tertiary/aromatic N) is 2. The average molecular weight is 388 g/mol. The lowest BCUT2D eigenvalue weighted by Gasteiger charge is -2.41. The fraction of sp³-hybridized carbons (Fsp3) is 0.526. The Morgan fingerprint density at radius 1 is 1.30 bits per heavy atom. The van der Waals surface area contributed by atoms with Crippen molar-refractivity contribution in [2.45, 2.75) is 51.1 Å². The van der Waals surface area contributed by atoms with Crippen molar-refractivity contribution >= 4 is 28.3 Å². The van der Waals surface area contributed by atoms with Crippen molar-refractivity contribution in [3.8, 4) is 0 Å².